The first kappa shape index (κ1) is 19.8. The van der Waals surface area contributed by atoms with Gasteiger partial charge in [-0.05, 0) is 23.3 Å². The van der Waals surface area contributed by atoms with Crippen molar-refractivity contribution in [3.63, 3.8) is 0 Å². The van der Waals surface area contributed by atoms with Gasteiger partial charge in [-0.3, -0.25) is 0 Å². The van der Waals surface area contributed by atoms with Crippen molar-refractivity contribution in [3.05, 3.63) is 102 Å². The van der Waals surface area contributed by atoms with Crippen molar-refractivity contribution >= 4 is 16.1 Å². The average Bonchev–Trinajstić information content (AvgIpc) is 3.00. The van der Waals surface area contributed by atoms with E-state index >= 15 is 0 Å². The van der Waals surface area contributed by atoms with Gasteiger partial charge in [0.15, 0.2) is 15.6 Å². The van der Waals surface area contributed by atoms with Crippen LogP contribution in [0.25, 0.3) is 0 Å². The lowest BCUT2D eigenvalue weighted by Crippen LogP contribution is -2.37. The minimum Gasteiger partial charge on any atom is -0.593 e. The molecule has 0 amide bonds. The zero-order valence-electron chi connectivity index (χ0n) is 16.2. The van der Waals surface area contributed by atoms with Crippen molar-refractivity contribution in [1.82, 2.24) is 0 Å². The van der Waals surface area contributed by atoms with Gasteiger partial charge in [0.2, 0.25) is 0 Å². The summed E-state index contributed by atoms with van der Waals surface area (Å²) < 4.78 is 34.3. The maximum absolute atomic E-state index is 13.4. The van der Waals surface area contributed by atoms with Crippen LogP contribution in [0.1, 0.15) is 11.1 Å². The minimum absolute atomic E-state index is 0.0934. The van der Waals surface area contributed by atoms with Crippen LogP contribution >= 0.6 is 0 Å². The van der Waals surface area contributed by atoms with Gasteiger partial charge < -0.3 is 9.29 Å². The van der Waals surface area contributed by atoms with Crippen molar-refractivity contribution in [1.29, 1.82) is 0 Å². The molecule has 4 nitrogen and oxygen atoms in total. The van der Waals surface area contributed by atoms with E-state index in [-0.39, 0.29) is 5.92 Å². The lowest BCUT2D eigenvalue weighted by Gasteiger charge is -2.26. The van der Waals surface area contributed by atoms with Crippen LogP contribution in [0.5, 0.6) is 0 Å². The zero-order valence-corrected chi connectivity index (χ0v) is 17.0. The molecule has 3 aromatic carbocycles. The smallest absolute Gasteiger partial charge is 0.153 e. The Morgan fingerprint density at radius 2 is 1.41 bits per heavy atom. The molecule has 1 fully saturated rings. The molecule has 3 atom stereocenters. The third-order valence-corrected chi connectivity index (χ3v) is 7.67. The topological polar surface area (TPSA) is 52.6 Å². The number of ether oxygens (including phenoxy) is 1. The second-order valence-corrected chi connectivity index (χ2v) is 9.48. The molecule has 3 aromatic rings. The van der Waals surface area contributed by atoms with Gasteiger partial charge in [-0.2, -0.15) is 4.31 Å². The molecule has 0 aromatic heterocycles. The minimum atomic E-state index is -3.47. The van der Waals surface area contributed by atoms with Gasteiger partial charge in [0.05, 0.1) is 31.4 Å². The molecule has 0 aliphatic carbocycles. The van der Waals surface area contributed by atoms with Crippen LogP contribution in [0.15, 0.2) is 91.0 Å². The Hall–Kier alpha value is -2.47. The maximum Gasteiger partial charge on any atom is 0.153 e. The number of nitrogens with zero attached hydrogens (tertiary/aromatic N) is 1. The normalized spacial score (nSPS) is 24.0. The van der Waals surface area contributed by atoms with E-state index in [0.29, 0.717) is 26.2 Å². The Bertz CT molecular complexity index is 950. The molecule has 1 aliphatic rings. The van der Waals surface area contributed by atoms with E-state index in [4.69, 9.17) is 4.74 Å². The summed E-state index contributed by atoms with van der Waals surface area (Å²) in [5, 5.41) is -0.499. The molecular weight excluding hydrogens is 382 g/mol. The molecule has 1 unspecified atom stereocenters. The lowest BCUT2D eigenvalue weighted by atomic mass is 9.99. The molecule has 29 heavy (non-hydrogen) atoms. The summed E-state index contributed by atoms with van der Waals surface area (Å²) in [6, 6.07) is 29.1. The molecule has 0 radical (unpaired) electrons. The second-order valence-electron chi connectivity index (χ2n) is 7.40. The first-order chi connectivity index (χ1) is 14.1. The lowest BCUT2D eigenvalue weighted by molar-refractivity contribution is 0.0901. The number of rotatable bonds is 7. The fraction of sp³-hybridized carbons (Fsp3) is 0.250. The van der Waals surface area contributed by atoms with Crippen LogP contribution in [0.4, 0.5) is 5.69 Å². The van der Waals surface area contributed by atoms with E-state index in [1.807, 2.05) is 91.0 Å². The Labute approximate surface area is 173 Å². The molecule has 1 saturated heterocycles. The Kier molecular flexibility index (Phi) is 6.09. The van der Waals surface area contributed by atoms with E-state index in [1.54, 1.807) is 4.31 Å². The van der Waals surface area contributed by atoms with E-state index in [0.717, 1.165) is 16.8 Å². The summed E-state index contributed by atoms with van der Waals surface area (Å²) in [4.78, 5) is 0. The van der Waals surface area contributed by atoms with Gasteiger partial charge in [0, 0.05) is 6.42 Å². The summed E-state index contributed by atoms with van der Waals surface area (Å²) in [6.07, 6.45) is 0.492. The van der Waals surface area contributed by atoms with Gasteiger partial charge >= 0.3 is 0 Å². The largest absolute Gasteiger partial charge is 0.593 e. The molecular formula is C24H25NO3S. The molecule has 1 heterocycles. The van der Waals surface area contributed by atoms with Gasteiger partial charge in [0.25, 0.3) is 0 Å². The maximum atomic E-state index is 13.4. The van der Waals surface area contributed by atoms with Crippen LogP contribution in [0.2, 0.25) is 0 Å². The standard InChI is InChI=1S/C24H25NO3S/c26-29(27)24(16-20-10-4-1-5-11-20)22(17-25(29)23-14-8-3-9-15-23)19-28-18-21-12-6-2-7-13-21/h1-15,22,24H,16-19H2/t22-,24-/m0/s1. The van der Waals surface area contributed by atoms with Gasteiger partial charge in [0.1, 0.15) is 0 Å². The second kappa shape index (κ2) is 8.91. The van der Waals surface area contributed by atoms with E-state index < -0.39 is 15.6 Å². The molecule has 0 N–H and O–H groups in total. The monoisotopic (exact) mass is 407 g/mol. The molecule has 0 saturated carbocycles. The van der Waals surface area contributed by atoms with Crippen molar-refractivity contribution < 1.29 is 13.5 Å². The number of para-hydroxylation sites is 1. The number of hydrogen-bond acceptors (Lipinski definition) is 3. The van der Waals surface area contributed by atoms with Crippen LogP contribution in [-0.2, 0) is 32.4 Å². The average molecular weight is 408 g/mol. The van der Waals surface area contributed by atoms with E-state index in [2.05, 4.69) is 0 Å². The molecule has 150 valence electrons. The van der Waals surface area contributed by atoms with Crippen molar-refractivity contribution in [2.75, 3.05) is 17.5 Å². The Balaban J connectivity index is 1.54. The Morgan fingerprint density at radius 1 is 0.862 bits per heavy atom. The molecule has 5 heteroatoms. The quantitative estimate of drug-likeness (QED) is 0.542. The first-order valence-electron chi connectivity index (χ1n) is 9.87. The molecule has 1 aliphatic heterocycles. The molecule has 4 rings (SSSR count). The highest BCUT2D eigenvalue weighted by Gasteiger charge is 2.50. The predicted octanol–water partition coefficient (Wildman–Crippen LogP) is 4.50. The van der Waals surface area contributed by atoms with Crippen molar-refractivity contribution in [2.45, 2.75) is 18.3 Å². The fourth-order valence-electron chi connectivity index (χ4n) is 3.87. The van der Waals surface area contributed by atoms with Crippen LogP contribution in [0, 0.1) is 5.92 Å². The summed E-state index contributed by atoms with van der Waals surface area (Å²) in [5.41, 5.74) is 2.84. The summed E-state index contributed by atoms with van der Waals surface area (Å²) >= 11 is 0. The summed E-state index contributed by atoms with van der Waals surface area (Å²) in [7, 11) is -3.47. The number of hydrogen-bond donors (Lipinski definition) is 0. The van der Waals surface area contributed by atoms with Gasteiger partial charge in [-0.15, -0.1) is 0 Å². The Morgan fingerprint density at radius 3 is 2.03 bits per heavy atom. The van der Waals surface area contributed by atoms with Crippen molar-refractivity contribution in [2.24, 2.45) is 5.92 Å². The summed E-state index contributed by atoms with van der Waals surface area (Å²) in [6.45, 7) is 1.34. The predicted molar refractivity (Wildman–Crippen MR) is 116 cm³/mol. The highest BCUT2D eigenvalue weighted by atomic mass is 32.3. The van der Waals surface area contributed by atoms with Gasteiger partial charge in [-0.25, -0.2) is 0 Å². The summed E-state index contributed by atoms with van der Waals surface area (Å²) in [5.74, 6) is -0.0934. The van der Waals surface area contributed by atoms with E-state index in [1.165, 1.54) is 0 Å². The number of anilines is 1. The highest BCUT2D eigenvalue weighted by molar-refractivity contribution is 7.99. The zero-order chi connectivity index (χ0) is 20.1. The van der Waals surface area contributed by atoms with Crippen LogP contribution < -0.4 is 4.31 Å². The number of sulfonamides is 1. The van der Waals surface area contributed by atoms with E-state index in [9.17, 15) is 8.76 Å². The third-order valence-electron chi connectivity index (χ3n) is 5.38. The van der Waals surface area contributed by atoms with Crippen LogP contribution in [0.3, 0.4) is 0 Å². The highest BCUT2D eigenvalue weighted by Crippen LogP contribution is 2.37. The molecule has 0 spiro atoms. The molecule has 0 bridgehead atoms. The third kappa shape index (κ3) is 4.58. The first-order valence-corrected chi connectivity index (χ1v) is 11.4. The SMILES string of the molecule is O=[S+]1([O-])[C@@H](Cc2ccccc2)[C@H](COCc2ccccc2)CN1c1ccccc1. The number of benzene rings is 3. The van der Waals surface area contributed by atoms with Gasteiger partial charge in [-0.1, -0.05) is 83.1 Å². The fourth-order valence-corrected chi connectivity index (χ4v) is 6.06. The van der Waals surface area contributed by atoms with Crippen LogP contribution in [-0.4, -0.2) is 23.0 Å². The van der Waals surface area contributed by atoms with Crippen molar-refractivity contribution in [3.8, 4) is 0 Å².